The van der Waals surface area contributed by atoms with Gasteiger partial charge in [0.2, 0.25) is 5.56 Å². The molecule has 0 saturated heterocycles. The van der Waals surface area contributed by atoms with Crippen molar-refractivity contribution in [3.05, 3.63) is 61.8 Å². The molecule has 1 N–H and O–H groups in total. The second-order valence-corrected chi connectivity index (χ2v) is 7.48. The van der Waals surface area contributed by atoms with Crippen LogP contribution in [0.25, 0.3) is 10.9 Å². The molecule has 1 aromatic carbocycles. The van der Waals surface area contributed by atoms with Crippen LogP contribution in [0.15, 0.2) is 34.4 Å². The molecule has 2 heterocycles. The first-order chi connectivity index (χ1) is 11.8. The van der Waals surface area contributed by atoms with Crippen LogP contribution in [0.2, 0.25) is 0 Å². The quantitative estimate of drug-likeness (QED) is 0.776. The van der Waals surface area contributed by atoms with Gasteiger partial charge in [0.25, 0.3) is 5.91 Å². The maximum absolute atomic E-state index is 12.9. The SMILES string of the molecule is Cc1ccc2[nH]c(=O)cc(C(=O)N(C)Cc3csc(C(C)C)n3)c2c1. The number of aromatic amines is 1. The number of fused-ring (bicyclic) bond motifs is 1. The van der Waals surface area contributed by atoms with Crippen LogP contribution in [0.5, 0.6) is 0 Å². The van der Waals surface area contributed by atoms with Crippen molar-refractivity contribution < 1.29 is 4.79 Å². The summed E-state index contributed by atoms with van der Waals surface area (Å²) in [6.07, 6.45) is 0. The minimum atomic E-state index is -0.274. The molecule has 3 rings (SSSR count). The fourth-order valence-electron chi connectivity index (χ4n) is 2.73. The average Bonchev–Trinajstić information content (AvgIpc) is 3.02. The van der Waals surface area contributed by atoms with E-state index in [-0.39, 0.29) is 11.5 Å². The Balaban J connectivity index is 1.92. The maximum atomic E-state index is 12.9. The lowest BCUT2D eigenvalue weighted by atomic mass is 10.1. The summed E-state index contributed by atoms with van der Waals surface area (Å²) in [6.45, 7) is 6.58. The molecule has 0 atom stereocenters. The zero-order chi connectivity index (χ0) is 18.1. The second-order valence-electron chi connectivity index (χ2n) is 6.59. The third-order valence-corrected chi connectivity index (χ3v) is 5.23. The van der Waals surface area contributed by atoms with E-state index in [0.29, 0.717) is 23.5 Å². The van der Waals surface area contributed by atoms with Crippen LogP contribution in [0.4, 0.5) is 0 Å². The molecule has 0 unspecified atom stereocenters. The lowest BCUT2D eigenvalue weighted by Crippen LogP contribution is -2.27. The van der Waals surface area contributed by atoms with Crippen molar-refractivity contribution in [3.8, 4) is 0 Å². The first kappa shape index (κ1) is 17.4. The molecule has 0 fully saturated rings. The van der Waals surface area contributed by atoms with Crippen LogP contribution in [0.3, 0.4) is 0 Å². The van der Waals surface area contributed by atoms with Crippen LogP contribution in [0.1, 0.15) is 46.4 Å². The standard InChI is InChI=1S/C19H21N3O2S/c1-11(2)18-20-13(10-25-18)9-22(4)19(24)15-8-17(23)21-16-6-5-12(3)7-14(15)16/h5-8,10-11H,9H2,1-4H3,(H,21,23). The monoisotopic (exact) mass is 355 g/mol. The van der Waals surface area contributed by atoms with Crippen molar-refractivity contribution in [3.63, 3.8) is 0 Å². The van der Waals surface area contributed by atoms with Gasteiger partial charge in [-0.25, -0.2) is 4.98 Å². The fourth-order valence-corrected chi connectivity index (χ4v) is 3.55. The van der Waals surface area contributed by atoms with Gasteiger partial charge < -0.3 is 9.88 Å². The summed E-state index contributed by atoms with van der Waals surface area (Å²) in [5.41, 5.74) is 2.73. The Bertz CT molecular complexity index is 988. The lowest BCUT2D eigenvalue weighted by Gasteiger charge is -2.17. The van der Waals surface area contributed by atoms with Crippen LogP contribution < -0.4 is 5.56 Å². The first-order valence-electron chi connectivity index (χ1n) is 8.18. The Morgan fingerprint density at radius 1 is 1.32 bits per heavy atom. The Morgan fingerprint density at radius 3 is 2.76 bits per heavy atom. The molecule has 0 spiro atoms. The average molecular weight is 355 g/mol. The van der Waals surface area contributed by atoms with Crippen molar-refractivity contribution in [2.75, 3.05) is 7.05 Å². The molecular weight excluding hydrogens is 334 g/mol. The van der Waals surface area contributed by atoms with E-state index in [1.54, 1.807) is 23.3 Å². The number of H-pyrrole nitrogens is 1. The Hall–Kier alpha value is -2.47. The van der Waals surface area contributed by atoms with Crippen molar-refractivity contribution in [2.45, 2.75) is 33.2 Å². The third-order valence-electron chi connectivity index (χ3n) is 4.04. The molecule has 25 heavy (non-hydrogen) atoms. The zero-order valence-corrected chi connectivity index (χ0v) is 15.6. The fraction of sp³-hybridized carbons (Fsp3) is 0.316. The van der Waals surface area contributed by atoms with Crippen molar-refractivity contribution >= 4 is 28.1 Å². The van der Waals surface area contributed by atoms with Gasteiger partial charge in [-0.05, 0) is 19.1 Å². The molecular formula is C19H21N3O2S. The predicted octanol–water partition coefficient (Wildman–Crippen LogP) is 3.69. The van der Waals surface area contributed by atoms with Gasteiger partial charge in [-0.3, -0.25) is 9.59 Å². The smallest absolute Gasteiger partial charge is 0.254 e. The third kappa shape index (κ3) is 3.64. The molecule has 0 aliphatic rings. The summed E-state index contributed by atoms with van der Waals surface area (Å²) in [7, 11) is 1.74. The van der Waals surface area contributed by atoms with E-state index in [1.807, 2.05) is 30.5 Å². The number of hydrogen-bond donors (Lipinski definition) is 1. The number of nitrogens with zero attached hydrogens (tertiary/aromatic N) is 2. The number of carbonyl (C=O) groups is 1. The van der Waals surface area contributed by atoms with Gasteiger partial charge in [0.1, 0.15) is 0 Å². The minimum absolute atomic E-state index is 0.180. The second kappa shape index (κ2) is 6.80. The van der Waals surface area contributed by atoms with Gasteiger partial charge >= 0.3 is 0 Å². The number of carbonyl (C=O) groups excluding carboxylic acids is 1. The van der Waals surface area contributed by atoms with E-state index in [1.165, 1.54) is 6.07 Å². The van der Waals surface area contributed by atoms with Gasteiger partial charge in [-0.2, -0.15) is 0 Å². The number of rotatable bonds is 4. The Morgan fingerprint density at radius 2 is 2.08 bits per heavy atom. The predicted molar refractivity (Wildman–Crippen MR) is 101 cm³/mol. The molecule has 0 radical (unpaired) electrons. The van der Waals surface area contributed by atoms with Crippen LogP contribution in [-0.4, -0.2) is 27.8 Å². The highest BCUT2D eigenvalue weighted by atomic mass is 32.1. The van der Waals surface area contributed by atoms with E-state index in [0.717, 1.165) is 21.7 Å². The molecule has 5 nitrogen and oxygen atoms in total. The highest BCUT2D eigenvalue weighted by Crippen LogP contribution is 2.22. The minimum Gasteiger partial charge on any atom is -0.336 e. The number of aryl methyl sites for hydroxylation is 1. The van der Waals surface area contributed by atoms with Crippen LogP contribution >= 0.6 is 11.3 Å². The normalized spacial score (nSPS) is 11.2. The van der Waals surface area contributed by atoms with E-state index >= 15 is 0 Å². The summed E-state index contributed by atoms with van der Waals surface area (Å²) in [4.78, 5) is 33.8. The topological polar surface area (TPSA) is 66.1 Å². The van der Waals surface area contributed by atoms with Crippen molar-refractivity contribution in [2.24, 2.45) is 0 Å². The molecule has 6 heteroatoms. The maximum Gasteiger partial charge on any atom is 0.254 e. The Kier molecular flexibility index (Phi) is 4.72. The molecule has 3 aromatic rings. The zero-order valence-electron chi connectivity index (χ0n) is 14.8. The Labute approximate surface area is 150 Å². The number of hydrogen-bond acceptors (Lipinski definition) is 4. The van der Waals surface area contributed by atoms with Gasteiger partial charge in [-0.15, -0.1) is 11.3 Å². The van der Waals surface area contributed by atoms with Crippen molar-refractivity contribution in [1.29, 1.82) is 0 Å². The number of thiazole rings is 1. The van der Waals surface area contributed by atoms with E-state index in [4.69, 9.17) is 0 Å². The van der Waals surface area contributed by atoms with Crippen molar-refractivity contribution in [1.82, 2.24) is 14.9 Å². The largest absolute Gasteiger partial charge is 0.336 e. The van der Waals surface area contributed by atoms with E-state index in [9.17, 15) is 9.59 Å². The summed E-state index contributed by atoms with van der Waals surface area (Å²) in [5.74, 6) is 0.195. The van der Waals surface area contributed by atoms with Gasteiger partial charge in [0.15, 0.2) is 0 Å². The molecule has 0 saturated carbocycles. The summed E-state index contributed by atoms with van der Waals surface area (Å²) in [6, 6.07) is 7.05. The summed E-state index contributed by atoms with van der Waals surface area (Å²) < 4.78 is 0. The number of amides is 1. The summed E-state index contributed by atoms with van der Waals surface area (Å²) in [5, 5.41) is 3.81. The number of nitrogens with one attached hydrogen (secondary N) is 1. The molecule has 130 valence electrons. The van der Waals surface area contributed by atoms with Crippen LogP contribution in [0, 0.1) is 6.92 Å². The number of benzene rings is 1. The number of pyridine rings is 1. The van der Waals surface area contributed by atoms with Gasteiger partial charge in [-0.1, -0.05) is 25.5 Å². The highest BCUT2D eigenvalue weighted by molar-refractivity contribution is 7.09. The molecule has 2 aromatic heterocycles. The number of aromatic nitrogens is 2. The van der Waals surface area contributed by atoms with Gasteiger partial charge in [0, 0.05) is 35.3 Å². The molecule has 0 aliphatic heterocycles. The highest BCUT2D eigenvalue weighted by Gasteiger charge is 2.18. The lowest BCUT2D eigenvalue weighted by molar-refractivity contribution is 0.0785. The first-order valence-corrected chi connectivity index (χ1v) is 9.06. The molecule has 0 bridgehead atoms. The van der Waals surface area contributed by atoms with E-state index < -0.39 is 0 Å². The molecule has 1 amide bonds. The summed E-state index contributed by atoms with van der Waals surface area (Å²) >= 11 is 1.61. The van der Waals surface area contributed by atoms with Gasteiger partial charge in [0.05, 0.1) is 22.8 Å². The van der Waals surface area contributed by atoms with Crippen LogP contribution in [-0.2, 0) is 6.54 Å². The van der Waals surface area contributed by atoms with E-state index in [2.05, 4.69) is 23.8 Å². The molecule has 0 aliphatic carbocycles.